The number of rotatable bonds is 3. The second-order valence-corrected chi connectivity index (χ2v) is 5.47. The summed E-state index contributed by atoms with van der Waals surface area (Å²) >= 11 is 6.36. The summed E-state index contributed by atoms with van der Waals surface area (Å²) in [6.07, 6.45) is 0.969. The first-order valence-electron chi connectivity index (χ1n) is 6.97. The molecule has 1 unspecified atom stereocenters. The van der Waals surface area contributed by atoms with Gasteiger partial charge in [0.25, 0.3) is 0 Å². The molecule has 1 atom stereocenters. The highest BCUT2D eigenvalue weighted by atomic mass is 35.5. The monoisotopic (exact) mass is 338 g/mol. The topological polar surface area (TPSA) is 30.5 Å². The van der Waals surface area contributed by atoms with E-state index in [4.69, 9.17) is 21.1 Å². The summed E-state index contributed by atoms with van der Waals surface area (Å²) in [6, 6.07) is 12.1. The Hall–Kier alpha value is -1.42. The van der Waals surface area contributed by atoms with Crippen LogP contribution in [-0.2, 0) is 6.42 Å². The van der Waals surface area contributed by atoms with E-state index in [1.165, 1.54) is 11.1 Å². The number of hydrogen-bond donors (Lipinski definition) is 1. The summed E-state index contributed by atoms with van der Waals surface area (Å²) in [6.45, 7) is 0.915. The van der Waals surface area contributed by atoms with Gasteiger partial charge in [-0.3, -0.25) is 0 Å². The maximum absolute atomic E-state index is 6.36. The van der Waals surface area contributed by atoms with Crippen LogP contribution in [-0.4, -0.2) is 20.8 Å². The molecule has 1 heterocycles. The number of hydrogen-bond acceptors (Lipinski definition) is 3. The summed E-state index contributed by atoms with van der Waals surface area (Å²) in [7, 11) is 3.32. The molecule has 0 saturated carbocycles. The summed E-state index contributed by atoms with van der Waals surface area (Å²) in [5.74, 6) is 1.52. The predicted molar refractivity (Wildman–Crippen MR) is 84.5 cm³/mol. The van der Waals surface area contributed by atoms with Crippen LogP contribution in [0.5, 0.6) is 11.5 Å². The van der Waals surface area contributed by atoms with Crippen molar-refractivity contribution in [3.63, 3.8) is 0 Å². The highest BCUT2D eigenvalue weighted by molar-refractivity contribution is 6.31. The largest absolute Gasteiger partial charge is 1.00 e. The van der Waals surface area contributed by atoms with E-state index in [1.54, 1.807) is 14.2 Å². The summed E-state index contributed by atoms with van der Waals surface area (Å²) in [5, 5.41) is 4.32. The van der Waals surface area contributed by atoms with E-state index in [9.17, 15) is 0 Å². The van der Waals surface area contributed by atoms with Crippen molar-refractivity contribution in [2.24, 2.45) is 0 Å². The molecule has 3 rings (SSSR count). The van der Waals surface area contributed by atoms with Crippen LogP contribution >= 0.6 is 11.6 Å². The van der Waals surface area contributed by atoms with Gasteiger partial charge in [-0.1, -0.05) is 29.8 Å². The van der Waals surface area contributed by atoms with Gasteiger partial charge >= 0.3 is 0 Å². The number of halogens is 2. The third kappa shape index (κ3) is 3.02. The Labute approximate surface area is 142 Å². The quantitative estimate of drug-likeness (QED) is 0.888. The Bertz CT molecular complexity index is 661. The molecule has 3 nitrogen and oxygen atoms in total. The van der Waals surface area contributed by atoms with E-state index in [2.05, 4.69) is 17.4 Å². The number of fused-ring (bicyclic) bond motifs is 1. The third-order valence-corrected chi connectivity index (χ3v) is 4.26. The smallest absolute Gasteiger partial charge is 0.161 e. The molecule has 22 heavy (non-hydrogen) atoms. The Morgan fingerprint density at radius 3 is 2.41 bits per heavy atom. The molecular weight excluding hydrogens is 321 g/mol. The van der Waals surface area contributed by atoms with E-state index in [0.717, 1.165) is 35.1 Å². The second kappa shape index (κ2) is 7.23. The lowest BCUT2D eigenvalue weighted by Gasteiger charge is -2.29. The fourth-order valence-electron chi connectivity index (χ4n) is 2.87. The lowest BCUT2D eigenvalue weighted by molar-refractivity contribution is -0.00000468. The van der Waals surface area contributed by atoms with Crippen LogP contribution in [0.25, 0.3) is 0 Å². The van der Waals surface area contributed by atoms with Gasteiger partial charge in [-0.15, -0.1) is 0 Å². The number of ether oxygens (including phenoxy) is 2. The van der Waals surface area contributed by atoms with Crippen molar-refractivity contribution in [3.05, 3.63) is 58.1 Å². The molecule has 0 aromatic heterocycles. The minimum atomic E-state index is 0. The minimum absolute atomic E-state index is 0. The van der Waals surface area contributed by atoms with Gasteiger partial charge < -0.3 is 27.2 Å². The lowest BCUT2D eigenvalue weighted by Crippen LogP contribution is -3.00. The van der Waals surface area contributed by atoms with Gasteiger partial charge in [-0.05, 0) is 41.3 Å². The number of methoxy groups -OCH3 is 2. The molecule has 0 aliphatic carbocycles. The van der Waals surface area contributed by atoms with Crippen LogP contribution in [0.1, 0.15) is 22.7 Å². The van der Waals surface area contributed by atoms with Crippen molar-refractivity contribution in [1.82, 2.24) is 5.32 Å². The standard InChI is InChI=1S/C17H18ClNO2.ClH/c1-20-15-9-11-7-8-19-17(13(11)10-16(15)21-2)12-5-3-4-6-14(12)18;/h3-6,9-10,17,19H,7-8H2,1-2H3;1H/p-1. The molecule has 0 amide bonds. The van der Waals surface area contributed by atoms with Gasteiger partial charge in [0, 0.05) is 11.6 Å². The molecule has 0 radical (unpaired) electrons. The van der Waals surface area contributed by atoms with Crippen molar-refractivity contribution in [3.8, 4) is 11.5 Å². The van der Waals surface area contributed by atoms with Crippen LogP contribution in [0.2, 0.25) is 5.02 Å². The molecule has 0 saturated heterocycles. The fourth-order valence-corrected chi connectivity index (χ4v) is 3.11. The zero-order valence-corrected chi connectivity index (χ0v) is 14.0. The normalized spacial score (nSPS) is 16.4. The van der Waals surface area contributed by atoms with E-state index in [-0.39, 0.29) is 18.4 Å². The average Bonchev–Trinajstić information content (AvgIpc) is 2.53. The summed E-state index contributed by atoms with van der Waals surface area (Å²) in [4.78, 5) is 0. The maximum Gasteiger partial charge on any atom is 0.161 e. The molecule has 0 fully saturated rings. The predicted octanol–water partition coefficient (Wildman–Crippen LogP) is 0.596. The zero-order valence-electron chi connectivity index (χ0n) is 12.5. The Morgan fingerprint density at radius 1 is 1.05 bits per heavy atom. The highest BCUT2D eigenvalue weighted by Crippen LogP contribution is 2.38. The maximum atomic E-state index is 6.36. The number of nitrogens with one attached hydrogen (secondary N) is 1. The minimum Gasteiger partial charge on any atom is -1.00 e. The number of benzene rings is 2. The SMILES string of the molecule is COc1cc2c(cc1OC)C(c1ccccc1Cl)NCC2.[Cl-]. The Balaban J connectivity index is 0.00000176. The first-order chi connectivity index (χ1) is 10.2. The third-order valence-electron chi connectivity index (χ3n) is 3.92. The van der Waals surface area contributed by atoms with Gasteiger partial charge in [-0.2, -0.15) is 0 Å². The van der Waals surface area contributed by atoms with Crippen LogP contribution in [0.4, 0.5) is 0 Å². The van der Waals surface area contributed by atoms with Crippen molar-refractivity contribution in [2.45, 2.75) is 12.5 Å². The van der Waals surface area contributed by atoms with E-state index < -0.39 is 0 Å². The van der Waals surface area contributed by atoms with E-state index >= 15 is 0 Å². The van der Waals surface area contributed by atoms with Crippen molar-refractivity contribution in [1.29, 1.82) is 0 Å². The molecule has 0 spiro atoms. The van der Waals surface area contributed by atoms with Gasteiger partial charge in [0.05, 0.1) is 20.3 Å². The Kier molecular flexibility index (Phi) is 5.57. The molecule has 118 valence electrons. The molecule has 1 N–H and O–H groups in total. The van der Waals surface area contributed by atoms with Crippen LogP contribution in [0.15, 0.2) is 36.4 Å². The van der Waals surface area contributed by atoms with Gasteiger partial charge in [0.1, 0.15) is 0 Å². The second-order valence-electron chi connectivity index (χ2n) is 5.06. The van der Waals surface area contributed by atoms with Gasteiger partial charge in [0.15, 0.2) is 11.5 Å². The van der Waals surface area contributed by atoms with E-state index in [1.807, 2.05) is 24.3 Å². The molecule has 1 aliphatic heterocycles. The fraction of sp³-hybridized carbons (Fsp3) is 0.294. The zero-order chi connectivity index (χ0) is 14.8. The summed E-state index contributed by atoms with van der Waals surface area (Å²) < 4.78 is 10.8. The first kappa shape index (κ1) is 16.9. The van der Waals surface area contributed by atoms with Crippen molar-refractivity contribution >= 4 is 11.6 Å². The first-order valence-corrected chi connectivity index (χ1v) is 7.35. The van der Waals surface area contributed by atoms with Gasteiger partial charge in [-0.25, -0.2) is 0 Å². The molecular formula is C17H18Cl2NO2-. The average molecular weight is 339 g/mol. The van der Waals surface area contributed by atoms with Crippen molar-refractivity contribution < 1.29 is 21.9 Å². The van der Waals surface area contributed by atoms with Crippen LogP contribution < -0.4 is 27.2 Å². The van der Waals surface area contributed by atoms with Crippen LogP contribution in [0, 0.1) is 0 Å². The Morgan fingerprint density at radius 2 is 1.73 bits per heavy atom. The molecule has 2 aromatic rings. The molecule has 5 heteroatoms. The summed E-state index contributed by atoms with van der Waals surface area (Å²) in [5.41, 5.74) is 3.57. The lowest BCUT2D eigenvalue weighted by atomic mass is 9.89. The highest BCUT2D eigenvalue weighted by Gasteiger charge is 2.25. The van der Waals surface area contributed by atoms with Gasteiger partial charge in [0.2, 0.25) is 0 Å². The van der Waals surface area contributed by atoms with Crippen molar-refractivity contribution in [2.75, 3.05) is 20.8 Å². The molecule has 0 bridgehead atoms. The molecule has 1 aliphatic rings. The van der Waals surface area contributed by atoms with Crippen LogP contribution in [0.3, 0.4) is 0 Å². The van der Waals surface area contributed by atoms with E-state index in [0.29, 0.717) is 0 Å². The molecule has 2 aromatic carbocycles.